The van der Waals surface area contributed by atoms with Gasteiger partial charge in [0.25, 0.3) is 6.71 Å². The van der Waals surface area contributed by atoms with Crippen LogP contribution in [0.1, 0.15) is 143 Å². The smallest absolute Gasteiger partial charge is 0.261 e. The molecular weight excluding hydrogens is 898 g/mol. The highest BCUT2D eigenvalue weighted by Crippen LogP contribution is 2.72. The third-order valence-electron chi connectivity index (χ3n) is 19.5. The van der Waals surface area contributed by atoms with Crippen LogP contribution < -0.4 is 15.1 Å². The Morgan fingerprint density at radius 3 is 1.84 bits per heavy atom. The standard InChI is InChI=1S/C70H64BNS/c1-40-33-49-46-25-18-26-47-60(46)64(59(45-28-27-41-19-16-17-24-44(41)35-45)62-58(61(47)62)43-22-14-11-15-23-43)71-63(49)56(34-40)72(65-50-37-52-54(39-57(50)73-66(65)71)70(8,9)32-30-68(52,4)5)55-38-53-51(67(2,3)29-31-69(53,6)7)36-48(55)42-20-12-10-13-21-42/h10-28,33-39,58,61-62H,29-32H2,1-9H3. The van der Waals surface area contributed by atoms with Gasteiger partial charge < -0.3 is 4.90 Å². The highest BCUT2D eigenvalue weighted by Gasteiger charge is 2.60. The highest BCUT2D eigenvalue weighted by atomic mass is 32.1. The monoisotopic (exact) mass is 961 g/mol. The van der Waals surface area contributed by atoms with E-state index in [4.69, 9.17) is 0 Å². The number of allylic oxidation sites excluding steroid dienone is 1. The van der Waals surface area contributed by atoms with E-state index >= 15 is 0 Å². The van der Waals surface area contributed by atoms with Gasteiger partial charge in [0.2, 0.25) is 0 Å². The summed E-state index contributed by atoms with van der Waals surface area (Å²) >= 11 is 2.10. The van der Waals surface area contributed by atoms with Gasteiger partial charge in [-0.3, -0.25) is 0 Å². The minimum atomic E-state index is 0.0283. The van der Waals surface area contributed by atoms with E-state index in [0.717, 1.165) is 0 Å². The average Bonchev–Trinajstić information content (AvgIpc) is 4.03. The maximum atomic E-state index is 2.82. The predicted octanol–water partition coefficient (Wildman–Crippen LogP) is 17.8. The molecule has 3 heteroatoms. The highest BCUT2D eigenvalue weighted by molar-refractivity contribution is 7.34. The van der Waals surface area contributed by atoms with Crippen molar-refractivity contribution in [2.24, 2.45) is 5.92 Å². The van der Waals surface area contributed by atoms with Crippen LogP contribution in [-0.2, 0) is 21.7 Å². The molecule has 73 heavy (non-hydrogen) atoms. The van der Waals surface area contributed by atoms with Crippen molar-refractivity contribution in [3.05, 3.63) is 208 Å². The molecule has 3 heterocycles. The summed E-state index contributed by atoms with van der Waals surface area (Å²) in [4.78, 5) is 2.82. The fourth-order valence-corrected chi connectivity index (χ4v) is 16.7. The molecule has 1 fully saturated rings. The van der Waals surface area contributed by atoms with Gasteiger partial charge in [-0.05, 0) is 197 Å². The molecule has 1 nitrogen and oxygen atoms in total. The summed E-state index contributed by atoms with van der Waals surface area (Å²) in [7, 11) is 0. The second-order valence-electron chi connectivity index (χ2n) is 25.7. The van der Waals surface area contributed by atoms with Crippen molar-refractivity contribution in [2.75, 3.05) is 4.90 Å². The predicted molar refractivity (Wildman–Crippen MR) is 314 cm³/mol. The lowest BCUT2D eigenvalue weighted by Crippen LogP contribution is -2.53. The molecule has 3 atom stereocenters. The maximum Gasteiger partial charge on any atom is 0.261 e. The number of fused-ring (bicyclic) bond motifs is 11. The Bertz CT molecular complexity index is 3900. The van der Waals surface area contributed by atoms with E-state index < -0.39 is 0 Å². The van der Waals surface area contributed by atoms with Gasteiger partial charge >= 0.3 is 0 Å². The van der Waals surface area contributed by atoms with Crippen molar-refractivity contribution in [2.45, 2.75) is 121 Å². The average molecular weight is 962 g/mol. The molecule has 4 aliphatic carbocycles. The summed E-state index contributed by atoms with van der Waals surface area (Å²) < 4.78 is 2.91. The molecule has 0 amide bonds. The third-order valence-corrected chi connectivity index (χ3v) is 20.7. The van der Waals surface area contributed by atoms with E-state index in [1.807, 2.05) is 0 Å². The third kappa shape index (κ3) is 6.15. The second kappa shape index (κ2) is 14.9. The van der Waals surface area contributed by atoms with Gasteiger partial charge in [0.1, 0.15) is 0 Å². The summed E-state index contributed by atoms with van der Waals surface area (Å²) in [5.41, 5.74) is 27.5. The summed E-state index contributed by atoms with van der Waals surface area (Å²) in [6.07, 6.45) is 4.72. The van der Waals surface area contributed by atoms with Crippen LogP contribution in [0.3, 0.4) is 0 Å². The number of hydrogen-bond donors (Lipinski definition) is 0. The Hall–Kier alpha value is -6.42. The Labute approximate surface area is 437 Å². The van der Waals surface area contributed by atoms with Crippen LogP contribution in [0.4, 0.5) is 17.1 Å². The van der Waals surface area contributed by atoms with Crippen molar-refractivity contribution in [3.63, 3.8) is 0 Å². The summed E-state index contributed by atoms with van der Waals surface area (Å²) in [5, 5.41) is 4.02. The van der Waals surface area contributed by atoms with Crippen LogP contribution in [0, 0.1) is 12.8 Å². The Morgan fingerprint density at radius 2 is 1.12 bits per heavy atom. The maximum absolute atomic E-state index is 2.82. The molecule has 9 aromatic rings. The number of nitrogens with zero attached hydrogens (tertiary/aromatic N) is 1. The zero-order valence-corrected chi connectivity index (χ0v) is 44.8. The molecule has 0 spiro atoms. The molecule has 0 bridgehead atoms. The lowest BCUT2D eigenvalue weighted by atomic mass is 9.32. The van der Waals surface area contributed by atoms with Crippen molar-refractivity contribution < 1.29 is 0 Å². The SMILES string of the molecule is Cc1cc2c3c(c1)N(c1cc4c(cc1-c1ccccc1)C(C)(C)CCC4(C)C)c1c(sc4cc5c(cc14)C(C)(C)CCC5(C)C)B3C1=C(c3ccc4ccccc4c3)C3C(c4ccccc4)C3c3cccc-2c31. The van der Waals surface area contributed by atoms with Crippen molar-refractivity contribution in [1.29, 1.82) is 0 Å². The number of thiophene rings is 1. The van der Waals surface area contributed by atoms with E-state index in [0.29, 0.717) is 17.8 Å². The topological polar surface area (TPSA) is 3.24 Å². The first-order valence-electron chi connectivity index (χ1n) is 27.3. The molecular formula is C70H64BNS. The second-order valence-corrected chi connectivity index (χ2v) is 26.8. The molecule has 0 radical (unpaired) electrons. The first-order valence-corrected chi connectivity index (χ1v) is 28.1. The number of anilines is 3. The van der Waals surface area contributed by atoms with Crippen molar-refractivity contribution in [1.82, 2.24) is 0 Å². The lowest BCUT2D eigenvalue weighted by molar-refractivity contribution is 0.332. The van der Waals surface area contributed by atoms with Gasteiger partial charge in [-0.15, -0.1) is 11.3 Å². The van der Waals surface area contributed by atoms with Gasteiger partial charge in [-0.1, -0.05) is 182 Å². The molecule has 0 N–H and O–H groups in total. The molecule has 358 valence electrons. The molecule has 0 saturated heterocycles. The number of hydrogen-bond acceptors (Lipinski definition) is 2. The first kappa shape index (κ1) is 44.1. The van der Waals surface area contributed by atoms with Crippen LogP contribution in [0.15, 0.2) is 158 Å². The molecule has 1 saturated carbocycles. The largest absolute Gasteiger partial charge is 0.309 e. The molecule has 6 aliphatic rings. The van der Waals surface area contributed by atoms with Crippen LogP contribution in [0.2, 0.25) is 0 Å². The molecule has 1 aromatic heterocycles. The molecule has 15 rings (SSSR count). The van der Waals surface area contributed by atoms with E-state index in [9.17, 15) is 0 Å². The number of benzene rings is 8. The van der Waals surface area contributed by atoms with Crippen LogP contribution in [0.5, 0.6) is 0 Å². The first-order chi connectivity index (χ1) is 35.1. The Kier molecular flexibility index (Phi) is 8.99. The van der Waals surface area contributed by atoms with E-state index in [2.05, 4.69) is 236 Å². The van der Waals surface area contributed by atoms with Crippen LogP contribution in [-0.4, -0.2) is 6.71 Å². The van der Waals surface area contributed by atoms with Gasteiger partial charge in [-0.25, -0.2) is 0 Å². The normalized spacial score (nSPS) is 21.7. The summed E-state index contributed by atoms with van der Waals surface area (Å²) in [6.45, 7) is 22.4. The summed E-state index contributed by atoms with van der Waals surface area (Å²) in [6, 6.07) is 62.5. The fraction of sp³-hybridized carbons (Fsp3) is 0.286. The van der Waals surface area contributed by atoms with E-state index in [-0.39, 0.29) is 28.4 Å². The molecule has 8 aromatic carbocycles. The minimum Gasteiger partial charge on any atom is -0.309 e. The number of aryl methyl sites for hydroxylation is 1. The van der Waals surface area contributed by atoms with Gasteiger partial charge in [0.05, 0.1) is 11.4 Å². The lowest BCUT2D eigenvalue weighted by Gasteiger charge is -2.45. The number of rotatable bonds is 4. The molecule has 3 unspecified atom stereocenters. The quantitative estimate of drug-likeness (QED) is 0.159. The van der Waals surface area contributed by atoms with Crippen LogP contribution in [0.25, 0.3) is 54.2 Å². The van der Waals surface area contributed by atoms with Crippen molar-refractivity contribution in [3.8, 4) is 22.3 Å². The Morgan fingerprint density at radius 1 is 0.493 bits per heavy atom. The van der Waals surface area contributed by atoms with Gasteiger partial charge in [0.15, 0.2) is 0 Å². The Balaban J connectivity index is 1.11. The van der Waals surface area contributed by atoms with E-state index in [1.165, 1.54) is 141 Å². The zero-order valence-electron chi connectivity index (χ0n) is 44.0. The molecule has 2 aliphatic heterocycles. The summed E-state index contributed by atoms with van der Waals surface area (Å²) in [5.74, 6) is 1.20. The van der Waals surface area contributed by atoms with Gasteiger partial charge in [0, 0.05) is 26.1 Å². The fourth-order valence-electron chi connectivity index (χ4n) is 15.3. The van der Waals surface area contributed by atoms with E-state index in [1.54, 1.807) is 16.6 Å². The van der Waals surface area contributed by atoms with Crippen LogP contribution >= 0.6 is 11.3 Å². The minimum absolute atomic E-state index is 0.0283. The van der Waals surface area contributed by atoms with Gasteiger partial charge in [-0.2, -0.15) is 0 Å². The van der Waals surface area contributed by atoms with Crippen molar-refractivity contribution >= 4 is 77.3 Å². The zero-order chi connectivity index (χ0) is 49.7.